The Kier molecular flexibility index (Phi) is 5.84. The lowest BCUT2D eigenvalue weighted by atomic mass is 9.90. The minimum atomic E-state index is -0.0448. The Bertz CT molecular complexity index is 374. The fourth-order valence-electron chi connectivity index (χ4n) is 2.94. The zero-order valence-corrected chi connectivity index (χ0v) is 15.3. The van der Waals surface area contributed by atoms with Gasteiger partial charge in [0.2, 0.25) is 0 Å². The Morgan fingerprint density at radius 2 is 1.04 bits per heavy atom. The lowest BCUT2D eigenvalue weighted by Gasteiger charge is -2.40. The van der Waals surface area contributed by atoms with Gasteiger partial charge in [-0.2, -0.15) is 0 Å². The maximum atomic E-state index is 6.09. The second-order valence-electron chi connectivity index (χ2n) is 8.87. The molecule has 3 aliphatic rings. The molecule has 0 aromatic rings. The van der Waals surface area contributed by atoms with Crippen molar-refractivity contribution in [2.24, 2.45) is 16.2 Å². The fourth-order valence-corrected chi connectivity index (χ4v) is 2.94. The number of hydrogen-bond acceptors (Lipinski definition) is 6. The molecule has 3 heterocycles. The van der Waals surface area contributed by atoms with Crippen LogP contribution in [0.1, 0.15) is 20.8 Å². The van der Waals surface area contributed by atoms with E-state index in [9.17, 15) is 0 Å². The van der Waals surface area contributed by atoms with Gasteiger partial charge in [0.1, 0.15) is 6.10 Å². The number of hydrogen-bond donors (Lipinski definition) is 0. The Balaban J connectivity index is 1.38. The molecule has 0 aromatic heterocycles. The van der Waals surface area contributed by atoms with Gasteiger partial charge in [-0.1, -0.05) is 20.8 Å². The highest BCUT2D eigenvalue weighted by molar-refractivity contribution is 4.83. The monoisotopic (exact) mass is 344 g/mol. The van der Waals surface area contributed by atoms with Crippen molar-refractivity contribution in [1.82, 2.24) is 0 Å². The van der Waals surface area contributed by atoms with Crippen molar-refractivity contribution in [2.75, 3.05) is 72.7 Å². The van der Waals surface area contributed by atoms with Crippen LogP contribution in [0.4, 0.5) is 0 Å². The van der Waals surface area contributed by atoms with Crippen molar-refractivity contribution in [3.63, 3.8) is 0 Å². The molecule has 0 aromatic carbocycles. The lowest BCUT2D eigenvalue weighted by Crippen LogP contribution is -2.47. The summed E-state index contributed by atoms with van der Waals surface area (Å²) in [5.74, 6) is 0. The highest BCUT2D eigenvalue weighted by atomic mass is 16.6. The van der Waals surface area contributed by atoms with Crippen LogP contribution < -0.4 is 0 Å². The van der Waals surface area contributed by atoms with Gasteiger partial charge in [-0.25, -0.2) is 0 Å². The molecule has 0 radical (unpaired) electrons. The van der Waals surface area contributed by atoms with Crippen LogP contribution in [0.15, 0.2) is 0 Å². The standard InChI is InChI=1S/C18H32O6/c1-16(8-21-9-16)6-19-4-15(24-14-18(3)12-23-13-18)5-20-7-17(2)10-22-11-17/h15H,4-14H2,1-3H3. The van der Waals surface area contributed by atoms with Gasteiger partial charge in [0.15, 0.2) is 0 Å². The van der Waals surface area contributed by atoms with Gasteiger partial charge in [-0.3, -0.25) is 0 Å². The zero-order chi connectivity index (χ0) is 17.1. The molecule has 0 bridgehead atoms. The molecule has 0 aliphatic carbocycles. The van der Waals surface area contributed by atoms with E-state index in [0.717, 1.165) is 39.6 Å². The van der Waals surface area contributed by atoms with E-state index in [1.807, 2.05) is 0 Å². The SMILES string of the molecule is CC1(COCC(COCC2(C)COC2)OCC2(C)COC2)COC1. The molecule has 0 unspecified atom stereocenters. The van der Waals surface area contributed by atoms with E-state index in [4.69, 9.17) is 28.4 Å². The average Bonchev–Trinajstić information content (AvgIpc) is 2.46. The molecule has 3 saturated heterocycles. The van der Waals surface area contributed by atoms with Crippen molar-refractivity contribution in [1.29, 1.82) is 0 Å². The Labute approximate surface area is 145 Å². The summed E-state index contributed by atoms with van der Waals surface area (Å²) in [6.45, 7) is 14.4. The van der Waals surface area contributed by atoms with Crippen molar-refractivity contribution in [2.45, 2.75) is 26.9 Å². The fraction of sp³-hybridized carbons (Fsp3) is 1.00. The maximum absolute atomic E-state index is 6.09. The van der Waals surface area contributed by atoms with E-state index >= 15 is 0 Å². The predicted molar refractivity (Wildman–Crippen MR) is 88.2 cm³/mol. The molecule has 6 nitrogen and oxygen atoms in total. The molecule has 0 amide bonds. The van der Waals surface area contributed by atoms with Gasteiger partial charge >= 0.3 is 0 Å². The zero-order valence-electron chi connectivity index (χ0n) is 15.3. The van der Waals surface area contributed by atoms with Crippen LogP contribution in [-0.2, 0) is 28.4 Å². The van der Waals surface area contributed by atoms with Crippen molar-refractivity contribution < 1.29 is 28.4 Å². The first-order valence-corrected chi connectivity index (χ1v) is 8.91. The molecular weight excluding hydrogens is 312 g/mol. The normalized spacial score (nSPS) is 26.5. The minimum Gasteiger partial charge on any atom is -0.380 e. The molecule has 3 rings (SSSR count). The molecular formula is C18H32O6. The summed E-state index contributed by atoms with van der Waals surface area (Å²) in [5, 5.41) is 0. The first-order valence-electron chi connectivity index (χ1n) is 8.91. The van der Waals surface area contributed by atoms with Gasteiger partial charge in [0, 0.05) is 16.2 Å². The molecule has 0 spiro atoms. The Hall–Kier alpha value is -0.240. The van der Waals surface area contributed by atoms with E-state index < -0.39 is 0 Å². The summed E-state index contributed by atoms with van der Waals surface area (Å²) in [7, 11) is 0. The molecule has 24 heavy (non-hydrogen) atoms. The third-order valence-corrected chi connectivity index (χ3v) is 4.88. The minimum absolute atomic E-state index is 0.0448. The summed E-state index contributed by atoms with van der Waals surface area (Å²) in [4.78, 5) is 0. The topological polar surface area (TPSA) is 55.4 Å². The molecule has 0 saturated carbocycles. The number of ether oxygens (including phenoxy) is 6. The summed E-state index contributed by atoms with van der Waals surface area (Å²) in [6.07, 6.45) is -0.0448. The maximum Gasteiger partial charge on any atom is 0.104 e. The summed E-state index contributed by atoms with van der Waals surface area (Å²) >= 11 is 0. The van der Waals surface area contributed by atoms with E-state index in [1.54, 1.807) is 0 Å². The van der Waals surface area contributed by atoms with Crippen LogP contribution in [-0.4, -0.2) is 78.8 Å². The largest absolute Gasteiger partial charge is 0.380 e. The molecule has 3 aliphatic heterocycles. The Morgan fingerprint density at radius 3 is 1.38 bits per heavy atom. The van der Waals surface area contributed by atoms with Gasteiger partial charge in [0.25, 0.3) is 0 Å². The summed E-state index contributed by atoms with van der Waals surface area (Å²) < 4.78 is 33.7. The molecule has 3 fully saturated rings. The third kappa shape index (κ3) is 4.90. The first kappa shape index (κ1) is 18.5. The highest BCUT2D eigenvalue weighted by Crippen LogP contribution is 2.29. The van der Waals surface area contributed by atoms with Crippen LogP contribution >= 0.6 is 0 Å². The Morgan fingerprint density at radius 1 is 0.667 bits per heavy atom. The van der Waals surface area contributed by atoms with Gasteiger partial charge in [-0.15, -0.1) is 0 Å². The predicted octanol–water partition coefficient (Wildman–Crippen LogP) is 1.51. The van der Waals surface area contributed by atoms with Crippen LogP contribution in [0.25, 0.3) is 0 Å². The first-order chi connectivity index (χ1) is 11.4. The number of rotatable bonds is 11. The smallest absolute Gasteiger partial charge is 0.104 e. The van der Waals surface area contributed by atoms with E-state index in [-0.39, 0.29) is 22.3 Å². The lowest BCUT2D eigenvalue weighted by molar-refractivity contribution is -0.183. The average molecular weight is 344 g/mol. The summed E-state index contributed by atoms with van der Waals surface area (Å²) in [6, 6.07) is 0. The summed E-state index contributed by atoms with van der Waals surface area (Å²) in [5.41, 5.74) is 0.464. The molecule has 140 valence electrons. The van der Waals surface area contributed by atoms with Gasteiger partial charge in [0.05, 0.1) is 72.7 Å². The quantitative estimate of drug-likeness (QED) is 0.566. The van der Waals surface area contributed by atoms with Gasteiger partial charge < -0.3 is 28.4 Å². The molecule has 6 heteroatoms. The van der Waals surface area contributed by atoms with Crippen LogP contribution in [0.2, 0.25) is 0 Å². The highest BCUT2D eigenvalue weighted by Gasteiger charge is 2.37. The molecule has 0 atom stereocenters. The second kappa shape index (κ2) is 7.56. The van der Waals surface area contributed by atoms with Crippen LogP contribution in [0, 0.1) is 16.2 Å². The van der Waals surface area contributed by atoms with Crippen LogP contribution in [0.5, 0.6) is 0 Å². The van der Waals surface area contributed by atoms with Gasteiger partial charge in [-0.05, 0) is 0 Å². The van der Waals surface area contributed by atoms with Crippen LogP contribution in [0.3, 0.4) is 0 Å². The van der Waals surface area contributed by atoms with E-state index in [0.29, 0.717) is 33.0 Å². The molecule has 0 N–H and O–H groups in total. The van der Waals surface area contributed by atoms with Crippen molar-refractivity contribution >= 4 is 0 Å². The van der Waals surface area contributed by atoms with Crippen molar-refractivity contribution in [3.05, 3.63) is 0 Å². The van der Waals surface area contributed by atoms with E-state index in [2.05, 4.69) is 20.8 Å². The van der Waals surface area contributed by atoms with E-state index in [1.165, 1.54) is 0 Å². The van der Waals surface area contributed by atoms with Crippen molar-refractivity contribution in [3.8, 4) is 0 Å². The third-order valence-electron chi connectivity index (χ3n) is 4.88. The second-order valence-corrected chi connectivity index (χ2v) is 8.87.